The molecule has 1 fully saturated rings. The fourth-order valence-electron chi connectivity index (χ4n) is 2.14. The molecule has 7 nitrogen and oxygen atoms in total. The van der Waals surface area contributed by atoms with E-state index in [9.17, 15) is 4.79 Å². The van der Waals surface area contributed by atoms with E-state index in [4.69, 9.17) is 5.73 Å². The smallest absolute Gasteiger partial charge is 0.280 e. The van der Waals surface area contributed by atoms with Gasteiger partial charge in [-0.2, -0.15) is 0 Å². The monoisotopic (exact) mass is 253 g/mol. The van der Waals surface area contributed by atoms with Crippen LogP contribution < -0.4 is 5.73 Å². The van der Waals surface area contributed by atoms with Gasteiger partial charge in [-0.1, -0.05) is 13.8 Å². The Hall–Kier alpha value is -1.63. The summed E-state index contributed by atoms with van der Waals surface area (Å²) in [5.74, 6) is 0.505. The van der Waals surface area contributed by atoms with Crippen molar-refractivity contribution in [1.82, 2.24) is 20.1 Å². The summed E-state index contributed by atoms with van der Waals surface area (Å²) in [6.07, 6.45) is 0. The van der Waals surface area contributed by atoms with Gasteiger partial charge in [0, 0.05) is 32.7 Å². The predicted octanol–water partition coefficient (Wildman–Crippen LogP) is 0.0656. The molecule has 0 aliphatic carbocycles. The van der Waals surface area contributed by atoms with Gasteiger partial charge in [-0.15, -0.1) is 0 Å². The van der Waals surface area contributed by atoms with E-state index >= 15 is 0 Å². The number of hydrogen-bond acceptors (Lipinski definition) is 6. The highest BCUT2D eigenvalue weighted by Crippen LogP contribution is 2.11. The van der Waals surface area contributed by atoms with Crippen molar-refractivity contribution >= 4 is 11.7 Å². The van der Waals surface area contributed by atoms with Crippen LogP contribution in [0.25, 0.3) is 0 Å². The fourth-order valence-corrected chi connectivity index (χ4v) is 2.14. The molecule has 1 aliphatic rings. The number of nitrogen functional groups attached to an aromatic ring is 1. The van der Waals surface area contributed by atoms with Gasteiger partial charge in [0.05, 0.1) is 0 Å². The van der Waals surface area contributed by atoms with E-state index in [1.807, 2.05) is 0 Å². The molecule has 0 bridgehead atoms. The van der Waals surface area contributed by atoms with Crippen molar-refractivity contribution in [3.05, 3.63) is 5.69 Å². The summed E-state index contributed by atoms with van der Waals surface area (Å²) in [6, 6.07) is 0. The Bertz CT molecular complexity index is 409. The molecule has 0 atom stereocenters. The molecule has 1 aliphatic heterocycles. The molecule has 18 heavy (non-hydrogen) atoms. The molecule has 0 radical (unpaired) electrons. The van der Waals surface area contributed by atoms with Gasteiger partial charge in [0.1, 0.15) is 0 Å². The third kappa shape index (κ3) is 2.79. The van der Waals surface area contributed by atoms with Crippen molar-refractivity contribution < 1.29 is 9.42 Å². The number of aromatic nitrogens is 2. The Morgan fingerprint density at radius 2 is 2.00 bits per heavy atom. The third-order valence-electron chi connectivity index (χ3n) is 3.00. The summed E-state index contributed by atoms with van der Waals surface area (Å²) in [4.78, 5) is 16.2. The maximum absolute atomic E-state index is 12.1. The number of amides is 1. The van der Waals surface area contributed by atoms with Gasteiger partial charge in [0.2, 0.25) is 11.5 Å². The lowest BCUT2D eigenvalue weighted by Gasteiger charge is -2.35. The molecule has 7 heteroatoms. The summed E-state index contributed by atoms with van der Waals surface area (Å²) >= 11 is 0. The Morgan fingerprint density at radius 3 is 2.50 bits per heavy atom. The highest BCUT2D eigenvalue weighted by atomic mass is 16.6. The van der Waals surface area contributed by atoms with E-state index in [0.717, 1.165) is 19.6 Å². The highest BCUT2D eigenvalue weighted by Gasteiger charge is 2.26. The molecule has 1 aromatic heterocycles. The van der Waals surface area contributed by atoms with Gasteiger partial charge in [-0.3, -0.25) is 9.69 Å². The van der Waals surface area contributed by atoms with Crippen LogP contribution >= 0.6 is 0 Å². The van der Waals surface area contributed by atoms with E-state index in [0.29, 0.717) is 19.0 Å². The van der Waals surface area contributed by atoms with Gasteiger partial charge >= 0.3 is 0 Å². The molecular weight excluding hydrogens is 234 g/mol. The lowest BCUT2D eigenvalue weighted by Crippen LogP contribution is -2.49. The Kier molecular flexibility index (Phi) is 3.81. The maximum atomic E-state index is 12.1. The number of carbonyl (C=O) groups excluding carboxylic acids is 1. The Labute approximate surface area is 106 Å². The van der Waals surface area contributed by atoms with Crippen molar-refractivity contribution in [1.29, 1.82) is 0 Å². The molecule has 0 aromatic carbocycles. The van der Waals surface area contributed by atoms with Crippen molar-refractivity contribution in [3.63, 3.8) is 0 Å². The number of nitrogens with zero attached hydrogens (tertiary/aromatic N) is 4. The molecule has 0 spiro atoms. The zero-order chi connectivity index (χ0) is 13.1. The highest BCUT2D eigenvalue weighted by molar-refractivity contribution is 5.96. The minimum absolute atomic E-state index is 0.0598. The molecule has 1 aromatic rings. The van der Waals surface area contributed by atoms with Crippen LogP contribution in [-0.4, -0.2) is 58.7 Å². The largest absolute Gasteiger partial charge is 0.379 e. The van der Waals surface area contributed by atoms with Crippen molar-refractivity contribution in [3.8, 4) is 0 Å². The van der Waals surface area contributed by atoms with Crippen LogP contribution in [0, 0.1) is 5.92 Å². The minimum Gasteiger partial charge on any atom is -0.379 e. The second kappa shape index (κ2) is 5.34. The lowest BCUT2D eigenvalue weighted by atomic mass is 10.2. The third-order valence-corrected chi connectivity index (χ3v) is 3.00. The summed E-state index contributed by atoms with van der Waals surface area (Å²) in [6.45, 7) is 8.61. The van der Waals surface area contributed by atoms with Crippen LogP contribution in [0.5, 0.6) is 0 Å². The maximum Gasteiger partial charge on any atom is 0.280 e. The zero-order valence-electron chi connectivity index (χ0n) is 10.8. The molecule has 100 valence electrons. The van der Waals surface area contributed by atoms with E-state index in [1.165, 1.54) is 0 Å². The van der Waals surface area contributed by atoms with Gasteiger partial charge in [0.15, 0.2) is 0 Å². The number of piperazine rings is 1. The molecule has 0 unspecified atom stereocenters. The number of nitrogens with two attached hydrogens (primary N) is 1. The van der Waals surface area contributed by atoms with E-state index in [2.05, 4.69) is 33.7 Å². The zero-order valence-corrected chi connectivity index (χ0v) is 10.8. The van der Waals surface area contributed by atoms with E-state index in [-0.39, 0.29) is 17.4 Å². The predicted molar refractivity (Wildman–Crippen MR) is 65.9 cm³/mol. The normalized spacial score (nSPS) is 17.4. The first-order valence-corrected chi connectivity index (χ1v) is 6.17. The molecule has 2 N–H and O–H groups in total. The Morgan fingerprint density at radius 1 is 1.33 bits per heavy atom. The van der Waals surface area contributed by atoms with Crippen molar-refractivity contribution in [2.75, 3.05) is 38.5 Å². The molecule has 1 amide bonds. The van der Waals surface area contributed by atoms with Gasteiger partial charge < -0.3 is 10.6 Å². The number of anilines is 1. The van der Waals surface area contributed by atoms with Crippen LogP contribution in [0.3, 0.4) is 0 Å². The summed E-state index contributed by atoms with van der Waals surface area (Å²) in [7, 11) is 0. The molecule has 0 saturated carbocycles. The molecule has 2 heterocycles. The van der Waals surface area contributed by atoms with Crippen molar-refractivity contribution in [2.45, 2.75) is 13.8 Å². The molecular formula is C11H19N5O2. The lowest BCUT2D eigenvalue weighted by molar-refractivity contribution is 0.0614. The molecule has 2 rings (SSSR count). The number of rotatable bonds is 3. The average Bonchev–Trinajstić information content (AvgIpc) is 2.75. The summed E-state index contributed by atoms with van der Waals surface area (Å²) < 4.78 is 4.45. The van der Waals surface area contributed by atoms with Crippen LogP contribution in [-0.2, 0) is 0 Å². The minimum atomic E-state index is -0.196. The van der Waals surface area contributed by atoms with Gasteiger partial charge in [-0.05, 0) is 16.2 Å². The number of carbonyl (C=O) groups is 1. The van der Waals surface area contributed by atoms with Crippen LogP contribution in [0.4, 0.5) is 5.82 Å². The van der Waals surface area contributed by atoms with Gasteiger partial charge in [0.25, 0.3) is 5.91 Å². The van der Waals surface area contributed by atoms with Crippen LogP contribution in [0.15, 0.2) is 4.63 Å². The van der Waals surface area contributed by atoms with Crippen molar-refractivity contribution in [2.24, 2.45) is 5.92 Å². The SMILES string of the molecule is CC(C)CN1CCN(C(=O)c2nonc2N)CC1. The second-order valence-corrected chi connectivity index (χ2v) is 4.98. The first kappa shape index (κ1) is 12.8. The second-order valence-electron chi connectivity index (χ2n) is 4.98. The quantitative estimate of drug-likeness (QED) is 0.819. The first-order chi connectivity index (χ1) is 8.58. The fraction of sp³-hybridized carbons (Fsp3) is 0.727. The van der Waals surface area contributed by atoms with Crippen LogP contribution in [0.1, 0.15) is 24.3 Å². The standard InChI is InChI=1S/C11H19N5O2/c1-8(2)7-15-3-5-16(6-4-15)11(17)9-10(12)14-18-13-9/h8H,3-7H2,1-2H3,(H2,12,14). The topological polar surface area (TPSA) is 88.5 Å². The van der Waals surface area contributed by atoms with E-state index in [1.54, 1.807) is 4.90 Å². The summed E-state index contributed by atoms with van der Waals surface area (Å²) in [5.41, 5.74) is 5.63. The van der Waals surface area contributed by atoms with Gasteiger partial charge in [-0.25, -0.2) is 4.63 Å². The van der Waals surface area contributed by atoms with Crippen LogP contribution in [0.2, 0.25) is 0 Å². The average molecular weight is 253 g/mol. The first-order valence-electron chi connectivity index (χ1n) is 6.17. The molecule has 1 saturated heterocycles. The number of hydrogen-bond donors (Lipinski definition) is 1. The van der Waals surface area contributed by atoms with E-state index < -0.39 is 0 Å². The summed E-state index contributed by atoms with van der Waals surface area (Å²) in [5, 5.41) is 6.96. The Balaban J connectivity index is 1.90.